The van der Waals surface area contributed by atoms with E-state index in [4.69, 9.17) is 10.5 Å². The third-order valence-corrected chi connectivity index (χ3v) is 5.43. The molecule has 1 aliphatic carbocycles. The van der Waals surface area contributed by atoms with Crippen LogP contribution in [-0.4, -0.2) is 45.8 Å². The van der Waals surface area contributed by atoms with Crippen LogP contribution in [-0.2, 0) is 4.74 Å². The van der Waals surface area contributed by atoms with Crippen LogP contribution in [0.2, 0.25) is 0 Å². The Labute approximate surface area is 179 Å². The van der Waals surface area contributed by atoms with E-state index >= 15 is 0 Å². The summed E-state index contributed by atoms with van der Waals surface area (Å²) in [5, 5.41) is 30.3. The highest BCUT2D eigenvalue weighted by Crippen LogP contribution is 2.44. The molecular formula is C23H24N4O4. The van der Waals surface area contributed by atoms with Crippen LogP contribution < -0.4 is 11.1 Å². The van der Waals surface area contributed by atoms with Crippen molar-refractivity contribution in [2.45, 2.75) is 24.5 Å². The van der Waals surface area contributed by atoms with Crippen molar-refractivity contribution in [2.24, 2.45) is 0 Å². The van der Waals surface area contributed by atoms with Gasteiger partial charge in [-0.25, -0.2) is 4.79 Å². The molecule has 2 unspecified atom stereocenters. The molecule has 2 aromatic carbocycles. The van der Waals surface area contributed by atoms with Gasteiger partial charge in [0.05, 0.1) is 11.8 Å². The molecule has 8 nitrogen and oxygen atoms in total. The standard InChI is InChI=1S/C23H24N4O4/c24-21-10-9-19(26-27-21)22(29)20(28)11-12-25-23(30)31-13-18-16-7-3-1-5-14(16)15-6-2-4-8-17(15)18/h1-10,18,20,22,28-29H,11-13H2,(H2,24,27)(H,25,30). The van der Waals surface area contributed by atoms with Gasteiger partial charge in [-0.2, -0.15) is 5.10 Å². The largest absolute Gasteiger partial charge is 0.449 e. The number of aliphatic hydroxyl groups excluding tert-OH is 2. The third kappa shape index (κ3) is 4.50. The van der Waals surface area contributed by atoms with E-state index < -0.39 is 18.3 Å². The summed E-state index contributed by atoms with van der Waals surface area (Å²) in [5.41, 5.74) is 10.3. The van der Waals surface area contributed by atoms with Crippen LogP contribution in [0.1, 0.15) is 35.3 Å². The summed E-state index contributed by atoms with van der Waals surface area (Å²) in [7, 11) is 0. The number of rotatable bonds is 7. The van der Waals surface area contributed by atoms with Crippen molar-refractivity contribution in [3.8, 4) is 11.1 Å². The fourth-order valence-corrected chi connectivity index (χ4v) is 3.84. The van der Waals surface area contributed by atoms with Crippen molar-refractivity contribution >= 4 is 11.9 Å². The molecule has 0 saturated carbocycles. The van der Waals surface area contributed by atoms with Gasteiger partial charge in [-0.3, -0.25) is 0 Å². The zero-order chi connectivity index (χ0) is 21.8. The highest BCUT2D eigenvalue weighted by atomic mass is 16.5. The van der Waals surface area contributed by atoms with Crippen molar-refractivity contribution < 1.29 is 19.7 Å². The Morgan fingerprint density at radius 1 is 1.00 bits per heavy atom. The van der Waals surface area contributed by atoms with Gasteiger partial charge < -0.3 is 26.0 Å². The number of amides is 1. The summed E-state index contributed by atoms with van der Waals surface area (Å²) >= 11 is 0. The highest BCUT2D eigenvalue weighted by molar-refractivity contribution is 5.79. The Balaban J connectivity index is 1.28. The minimum absolute atomic E-state index is 0.0188. The van der Waals surface area contributed by atoms with E-state index in [1.807, 2.05) is 24.3 Å². The van der Waals surface area contributed by atoms with Crippen LogP contribution in [0.25, 0.3) is 11.1 Å². The van der Waals surface area contributed by atoms with Crippen LogP contribution in [0, 0.1) is 0 Å². The van der Waals surface area contributed by atoms with Gasteiger partial charge in [-0.05, 0) is 40.8 Å². The van der Waals surface area contributed by atoms with E-state index in [1.165, 1.54) is 12.1 Å². The second-order valence-corrected chi connectivity index (χ2v) is 7.44. The van der Waals surface area contributed by atoms with Crippen LogP contribution in [0.4, 0.5) is 10.6 Å². The monoisotopic (exact) mass is 420 g/mol. The molecule has 0 radical (unpaired) electrons. The van der Waals surface area contributed by atoms with Crippen molar-refractivity contribution in [1.29, 1.82) is 0 Å². The number of hydrogen-bond acceptors (Lipinski definition) is 7. The summed E-state index contributed by atoms with van der Waals surface area (Å²) < 4.78 is 5.45. The number of aliphatic hydroxyl groups is 2. The lowest BCUT2D eigenvalue weighted by Crippen LogP contribution is -2.31. The molecule has 3 aromatic rings. The maximum absolute atomic E-state index is 12.2. The van der Waals surface area contributed by atoms with Crippen molar-refractivity contribution in [3.63, 3.8) is 0 Å². The topological polar surface area (TPSA) is 131 Å². The van der Waals surface area contributed by atoms with Gasteiger partial charge >= 0.3 is 6.09 Å². The van der Waals surface area contributed by atoms with Gasteiger partial charge in [-0.1, -0.05) is 48.5 Å². The molecule has 1 heterocycles. The summed E-state index contributed by atoms with van der Waals surface area (Å²) in [6, 6.07) is 19.2. The van der Waals surface area contributed by atoms with Gasteiger partial charge in [0, 0.05) is 12.5 Å². The van der Waals surface area contributed by atoms with Gasteiger partial charge in [0.1, 0.15) is 18.5 Å². The number of nitrogen functional groups attached to an aromatic ring is 1. The van der Waals surface area contributed by atoms with E-state index in [0.29, 0.717) is 0 Å². The second kappa shape index (κ2) is 9.11. The van der Waals surface area contributed by atoms with Gasteiger partial charge in [-0.15, -0.1) is 5.10 Å². The molecule has 1 aliphatic rings. The Hall–Kier alpha value is -3.49. The van der Waals surface area contributed by atoms with E-state index in [2.05, 4.69) is 39.8 Å². The normalized spacial score (nSPS) is 14.4. The molecule has 31 heavy (non-hydrogen) atoms. The first-order valence-electron chi connectivity index (χ1n) is 10.1. The molecule has 0 bridgehead atoms. The number of benzene rings is 2. The molecular weight excluding hydrogens is 396 g/mol. The molecule has 0 spiro atoms. The van der Waals surface area contributed by atoms with Crippen molar-refractivity contribution in [2.75, 3.05) is 18.9 Å². The third-order valence-electron chi connectivity index (χ3n) is 5.43. The molecule has 4 rings (SSSR count). The summed E-state index contributed by atoms with van der Waals surface area (Å²) in [5.74, 6) is 0.206. The lowest BCUT2D eigenvalue weighted by atomic mass is 9.98. The van der Waals surface area contributed by atoms with Gasteiger partial charge in [0.15, 0.2) is 0 Å². The minimum Gasteiger partial charge on any atom is -0.449 e. The number of nitrogens with zero attached hydrogens (tertiary/aromatic N) is 2. The number of anilines is 1. The smallest absolute Gasteiger partial charge is 0.407 e. The fraction of sp³-hybridized carbons (Fsp3) is 0.261. The predicted molar refractivity (Wildman–Crippen MR) is 115 cm³/mol. The average Bonchev–Trinajstić information content (AvgIpc) is 3.11. The first kappa shape index (κ1) is 20.8. The van der Waals surface area contributed by atoms with Crippen molar-refractivity contribution in [3.05, 3.63) is 77.5 Å². The van der Waals surface area contributed by atoms with E-state index in [-0.39, 0.29) is 37.0 Å². The highest BCUT2D eigenvalue weighted by Gasteiger charge is 2.29. The Kier molecular flexibility index (Phi) is 6.11. The average molecular weight is 420 g/mol. The Morgan fingerprint density at radius 3 is 2.26 bits per heavy atom. The number of aromatic nitrogens is 2. The van der Waals surface area contributed by atoms with E-state index in [0.717, 1.165) is 22.3 Å². The molecule has 160 valence electrons. The van der Waals surface area contributed by atoms with Crippen molar-refractivity contribution in [1.82, 2.24) is 15.5 Å². The summed E-state index contributed by atoms with van der Waals surface area (Å²) in [6.07, 6.45) is -2.79. The number of fused-ring (bicyclic) bond motifs is 3. The number of nitrogens with two attached hydrogens (primary N) is 1. The Morgan fingerprint density at radius 2 is 1.65 bits per heavy atom. The fourth-order valence-electron chi connectivity index (χ4n) is 3.84. The number of carbonyl (C=O) groups is 1. The number of carbonyl (C=O) groups excluding carboxylic acids is 1. The maximum Gasteiger partial charge on any atom is 0.407 e. The second-order valence-electron chi connectivity index (χ2n) is 7.44. The zero-order valence-electron chi connectivity index (χ0n) is 16.8. The minimum atomic E-state index is -1.22. The summed E-state index contributed by atoms with van der Waals surface area (Å²) in [4.78, 5) is 12.2. The number of nitrogens with one attached hydrogen (secondary N) is 1. The van der Waals surface area contributed by atoms with Crippen LogP contribution in [0.15, 0.2) is 60.7 Å². The zero-order valence-corrected chi connectivity index (χ0v) is 16.8. The molecule has 0 aliphatic heterocycles. The first-order valence-corrected chi connectivity index (χ1v) is 10.1. The molecule has 2 atom stereocenters. The molecule has 8 heteroatoms. The van der Waals surface area contributed by atoms with E-state index in [1.54, 1.807) is 0 Å². The lowest BCUT2D eigenvalue weighted by Gasteiger charge is -2.18. The molecule has 1 aromatic heterocycles. The van der Waals surface area contributed by atoms with Gasteiger partial charge in [0.2, 0.25) is 0 Å². The van der Waals surface area contributed by atoms with Crippen LogP contribution in [0.5, 0.6) is 0 Å². The maximum atomic E-state index is 12.2. The first-order chi connectivity index (χ1) is 15.0. The summed E-state index contributed by atoms with van der Waals surface area (Å²) in [6.45, 7) is 0.351. The van der Waals surface area contributed by atoms with Crippen LogP contribution in [0.3, 0.4) is 0 Å². The SMILES string of the molecule is Nc1ccc(C(O)C(O)CCNC(=O)OCC2c3ccccc3-c3ccccc32)nn1. The van der Waals surface area contributed by atoms with E-state index in [9.17, 15) is 15.0 Å². The molecule has 1 amide bonds. The molecule has 5 N–H and O–H groups in total. The predicted octanol–water partition coefficient (Wildman–Crippen LogP) is 2.38. The van der Waals surface area contributed by atoms with Crippen LogP contribution >= 0.6 is 0 Å². The number of hydrogen-bond donors (Lipinski definition) is 4. The quantitative estimate of drug-likeness (QED) is 0.462. The Bertz CT molecular complexity index is 1010. The number of alkyl carbamates (subject to hydrolysis) is 1. The molecule has 0 fully saturated rings. The van der Waals surface area contributed by atoms with Gasteiger partial charge in [0.25, 0.3) is 0 Å². The number of ether oxygens (including phenoxy) is 1. The molecule has 0 saturated heterocycles. The lowest BCUT2D eigenvalue weighted by molar-refractivity contribution is 0.0107.